The van der Waals surface area contributed by atoms with Crippen LogP contribution in [0.1, 0.15) is 44.6 Å². The molecule has 214 valence electrons. The second kappa shape index (κ2) is 9.62. The molecule has 2 saturated carbocycles. The summed E-state index contributed by atoms with van der Waals surface area (Å²) in [5.74, 6) is -0.118. The predicted octanol–water partition coefficient (Wildman–Crippen LogP) is 7.38. The first-order chi connectivity index (χ1) is 19.6. The van der Waals surface area contributed by atoms with Crippen molar-refractivity contribution >= 4 is 27.5 Å². The molecule has 1 aromatic heterocycles. The van der Waals surface area contributed by atoms with E-state index in [1.165, 1.54) is 25.3 Å². The van der Waals surface area contributed by atoms with Gasteiger partial charge in [-0.3, -0.25) is 0 Å². The van der Waals surface area contributed by atoms with Crippen LogP contribution in [-0.4, -0.2) is 55.2 Å². The molecule has 3 aromatic carbocycles. The van der Waals surface area contributed by atoms with E-state index in [0.29, 0.717) is 29.3 Å². The van der Waals surface area contributed by atoms with Crippen molar-refractivity contribution in [1.82, 2.24) is 14.9 Å². The van der Waals surface area contributed by atoms with Gasteiger partial charge in [0.15, 0.2) is 5.82 Å². The molecule has 41 heavy (non-hydrogen) atoms. The van der Waals surface area contributed by atoms with Crippen molar-refractivity contribution in [3.8, 4) is 17.1 Å². The number of nitrogens with zero attached hydrogens (tertiary/aromatic N) is 4. The van der Waals surface area contributed by atoms with Crippen LogP contribution in [0.15, 0.2) is 42.5 Å². The fourth-order valence-electron chi connectivity index (χ4n) is 7.54. The lowest BCUT2D eigenvalue weighted by Gasteiger charge is -2.39. The normalized spacial score (nSPS) is 23.1. The lowest BCUT2D eigenvalue weighted by molar-refractivity contribution is 0.183. The van der Waals surface area contributed by atoms with Crippen molar-refractivity contribution in [1.29, 1.82) is 0 Å². The minimum atomic E-state index is -0.662. The van der Waals surface area contributed by atoms with Crippen molar-refractivity contribution < 1.29 is 13.5 Å². The molecule has 0 radical (unpaired) electrons. The Morgan fingerprint density at radius 2 is 1.85 bits per heavy atom. The van der Waals surface area contributed by atoms with Gasteiger partial charge in [0.2, 0.25) is 0 Å². The van der Waals surface area contributed by atoms with Gasteiger partial charge in [0.05, 0.1) is 12.2 Å². The zero-order valence-corrected chi connectivity index (χ0v) is 24.4. The van der Waals surface area contributed by atoms with E-state index in [9.17, 15) is 0 Å². The zero-order valence-electron chi connectivity index (χ0n) is 24.4. The Balaban J connectivity index is 1.38. The number of rotatable bonds is 7. The predicted molar refractivity (Wildman–Crippen MR) is 161 cm³/mol. The minimum Gasteiger partial charge on any atom is -0.463 e. The third kappa shape index (κ3) is 4.82. The number of ether oxygens (including phenoxy) is 1. The summed E-state index contributed by atoms with van der Waals surface area (Å²) < 4.78 is 39.0. The Labute approximate surface area is 240 Å². The highest BCUT2D eigenvalue weighted by Gasteiger charge is 2.45. The summed E-state index contributed by atoms with van der Waals surface area (Å²) in [6, 6.07) is 13.2. The fraction of sp³-hybridized carbons (Fsp3) is 0.471. The molecule has 3 aliphatic rings. The summed E-state index contributed by atoms with van der Waals surface area (Å²) in [6.45, 7) is 7.32. The largest absolute Gasteiger partial charge is 0.463 e. The molecule has 7 rings (SSSR count). The molecule has 2 heterocycles. The molecule has 0 unspecified atom stereocenters. The summed E-state index contributed by atoms with van der Waals surface area (Å²) in [5.41, 5.74) is 1.80. The van der Waals surface area contributed by atoms with Gasteiger partial charge in [-0.25, -0.2) is 8.78 Å². The number of anilines is 1. The molecule has 2 aliphatic carbocycles. The summed E-state index contributed by atoms with van der Waals surface area (Å²) in [7, 11) is 4.13. The van der Waals surface area contributed by atoms with Gasteiger partial charge in [0, 0.05) is 30.4 Å². The lowest BCUT2D eigenvalue weighted by Crippen LogP contribution is -2.42. The third-order valence-corrected chi connectivity index (χ3v) is 9.52. The maximum atomic E-state index is 16.7. The molecule has 1 saturated heterocycles. The molecule has 0 spiro atoms. The van der Waals surface area contributed by atoms with Crippen LogP contribution in [0.2, 0.25) is 0 Å². The van der Waals surface area contributed by atoms with Gasteiger partial charge in [-0.15, -0.1) is 0 Å². The van der Waals surface area contributed by atoms with Crippen LogP contribution in [0.5, 0.6) is 6.01 Å². The first kappa shape index (κ1) is 26.6. The van der Waals surface area contributed by atoms with E-state index in [2.05, 4.69) is 35.8 Å². The van der Waals surface area contributed by atoms with Gasteiger partial charge in [-0.1, -0.05) is 43.3 Å². The average Bonchev–Trinajstić information content (AvgIpc) is 3.62. The molecule has 3 fully saturated rings. The van der Waals surface area contributed by atoms with E-state index in [1.807, 2.05) is 43.3 Å². The quantitative estimate of drug-likeness (QED) is 0.238. The van der Waals surface area contributed by atoms with Crippen molar-refractivity contribution in [3.05, 3.63) is 59.7 Å². The van der Waals surface area contributed by atoms with Gasteiger partial charge in [-0.2, -0.15) is 9.97 Å². The first-order valence-corrected chi connectivity index (χ1v) is 14.8. The smallest absolute Gasteiger partial charge is 0.319 e. The van der Waals surface area contributed by atoms with Crippen molar-refractivity contribution in [2.75, 3.05) is 45.2 Å². The van der Waals surface area contributed by atoms with Crippen LogP contribution in [0, 0.1) is 35.3 Å². The molecule has 2 bridgehead atoms. The fourth-order valence-corrected chi connectivity index (χ4v) is 7.54. The van der Waals surface area contributed by atoms with Gasteiger partial charge < -0.3 is 14.5 Å². The summed E-state index contributed by atoms with van der Waals surface area (Å²) in [6.07, 6.45) is 5.71. The monoisotopic (exact) mass is 556 g/mol. The highest BCUT2D eigenvalue weighted by molar-refractivity contribution is 6.01. The molecule has 4 aromatic rings. The number of benzene rings is 3. The summed E-state index contributed by atoms with van der Waals surface area (Å²) >= 11 is 0. The number of aromatic nitrogens is 2. The summed E-state index contributed by atoms with van der Waals surface area (Å²) in [4.78, 5) is 13.9. The molecule has 0 amide bonds. The molecular weight excluding hydrogens is 518 g/mol. The van der Waals surface area contributed by atoms with Gasteiger partial charge in [0.1, 0.15) is 17.2 Å². The van der Waals surface area contributed by atoms with Crippen molar-refractivity contribution in [2.24, 2.45) is 16.7 Å². The second-order valence-corrected chi connectivity index (χ2v) is 13.6. The van der Waals surface area contributed by atoms with Crippen LogP contribution < -0.4 is 9.64 Å². The van der Waals surface area contributed by atoms with Crippen molar-refractivity contribution in [3.63, 3.8) is 0 Å². The zero-order chi connectivity index (χ0) is 28.5. The van der Waals surface area contributed by atoms with Gasteiger partial charge in [0.25, 0.3) is 0 Å². The minimum absolute atomic E-state index is 0.0510. The number of fused-ring (bicyclic) bond motifs is 4. The molecule has 2 atom stereocenters. The number of hydrogen-bond acceptors (Lipinski definition) is 5. The van der Waals surface area contributed by atoms with Gasteiger partial charge >= 0.3 is 6.01 Å². The van der Waals surface area contributed by atoms with Crippen molar-refractivity contribution in [2.45, 2.75) is 46.0 Å². The molecule has 1 aliphatic heterocycles. The van der Waals surface area contributed by atoms with E-state index in [-0.39, 0.29) is 27.9 Å². The van der Waals surface area contributed by atoms with Crippen LogP contribution in [0.25, 0.3) is 32.8 Å². The topological polar surface area (TPSA) is 41.5 Å². The Hall–Kier alpha value is -3.32. The third-order valence-electron chi connectivity index (χ3n) is 9.52. The highest BCUT2D eigenvalue weighted by Crippen LogP contribution is 2.49. The van der Waals surface area contributed by atoms with E-state index in [0.717, 1.165) is 48.8 Å². The Morgan fingerprint density at radius 3 is 2.61 bits per heavy atom. The van der Waals surface area contributed by atoms with E-state index in [1.54, 1.807) is 0 Å². The number of halogens is 2. The number of hydrogen-bond donors (Lipinski definition) is 0. The maximum absolute atomic E-state index is 16.7. The maximum Gasteiger partial charge on any atom is 0.319 e. The SMILES string of the molecule is Cc1cc(-c2c(F)cc3c(N4C[C@@H]5CC[C@](C)(C5)C4)nc(OCC4(CN(C)C)CC4)nc3c2F)c2ccccc2c1. The Morgan fingerprint density at radius 1 is 1.05 bits per heavy atom. The van der Waals surface area contributed by atoms with Crippen LogP contribution in [0.4, 0.5) is 14.6 Å². The number of aryl methyl sites for hydroxylation is 1. The van der Waals surface area contributed by atoms with E-state index < -0.39 is 11.6 Å². The van der Waals surface area contributed by atoms with Crippen LogP contribution in [0.3, 0.4) is 0 Å². The Bertz CT molecular complexity index is 1670. The molecule has 5 nitrogen and oxygen atoms in total. The Kier molecular flexibility index (Phi) is 6.23. The molecule has 7 heteroatoms. The summed E-state index contributed by atoms with van der Waals surface area (Å²) in [5, 5.41) is 2.16. The molecule has 0 N–H and O–H groups in total. The molecular formula is C34H38F2N4O. The van der Waals surface area contributed by atoms with E-state index in [4.69, 9.17) is 9.72 Å². The van der Waals surface area contributed by atoms with Crippen LogP contribution in [-0.2, 0) is 0 Å². The standard InChI is InChI=1S/C34H38F2N4O/c1-21-13-23-7-5-6-8-24(23)25(14-21)28-27(35)15-26-30(29(28)36)37-32(41-20-34(11-12-34)19-39(3)4)38-31(26)40-17-22-9-10-33(2,16-22)18-40/h5-8,13-15,22H,9-12,16-20H2,1-4H3/t22-,33-/m1/s1. The number of piperidine rings is 1. The van der Waals surface area contributed by atoms with E-state index >= 15 is 8.78 Å². The second-order valence-electron chi connectivity index (χ2n) is 13.6. The van der Waals surface area contributed by atoms with Crippen LogP contribution >= 0.6 is 0 Å². The lowest BCUT2D eigenvalue weighted by atomic mass is 9.84. The first-order valence-electron chi connectivity index (χ1n) is 14.8. The highest BCUT2D eigenvalue weighted by atomic mass is 19.1. The van der Waals surface area contributed by atoms with Gasteiger partial charge in [-0.05, 0) is 92.4 Å². The average molecular weight is 557 g/mol.